The van der Waals surface area contributed by atoms with Crippen LogP contribution in [0.15, 0.2) is 66.9 Å². The lowest BCUT2D eigenvalue weighted by atomic mass is 10.0. The summed E-state index contributed by atoms with van der Waals surface area (Å²) in [6, 6.07) is 18.8. The largest absolute Gasteiger partial charge is 0.490 e. The van der Waals surface area contributed by atoms with Crippen LogP contribution in [-0.2, 0) is 11.2 Å². The van der Waals surface area contributed by atoms with Crippen molar-refractivity contribution in [2.75, 3.05) is 38.8 Å². The zero-order chi connectivity index (χ0) is 31.0. The number of nitrogens with two attached hydrogens (primary N) is 1. The van der Waals surface area contributed by atoms with Gasteiger partial charge in [0.25, 0.3) is 0 Å². The number of carbonyl (C=O) groups is 1. The van der Waals surface area contributed by atoms with Crippen molar-refractivity contribution in [2.45, 2.75) is 53.9 Å². The summed E-state index contributed by atoms with van der Waals surface area (Å²) in [6.45, 7) is 12.8. The smallest absolute Gasteiger partial charge is 0.338 e. The Bertz CT molecular complexity index is 1450. The van der Waals surface area contributed by atoms with E-state index in [-0.39, 0.29) is 18.4 Å². The minimum atomic E-state index is -0.279. The third-order valence-electron chi connectivity index (χ3n) is 6.37. The molecule has 1 aromatic heterocycles. The number of fused-ring (bicyclic) bond motifs is 1. The number of pyridine rings is 1. The highest BCUT2D eigenvalue weighted by Gasteiger charge is 2.13. The SMILES string of the molecule is CCCCOC(=O)c1ccc(N)cc1.CCOc1ccc(Cc2nccc3cc(OCC)c(OCC)cc23)cc1OCC.Cl. The number of benzene rings is 3. The molecule has 3 aromatic carbocycles. The van der Waals surface area contributed by atoms with Gasteiger partial charge in [0.05, 0.1) is 44.3 Å². The second kappa shape index (κ2) is 19.2. The molecule has 0 aliphatic rings. The highest BCUT2D eigenvalue weighted by molar-refractivity contribution is 5.90. The lowest BCUT2D eigenvalue weighted by Crippen LogP contribution is -2.06. The van der Waals surface area contributed by atoms with Crippen molar-refractivity contribution in [1.29, 1.82) is 0 Å². The molecule has 2 N–H and O–H groups in total. The molecule has 238 valence electrons. The van der Waals surface area contributed by atoms with Crippen LogP contribution < -0.4 is 24.7 Å². The van der Waals surface area contributed by atoms with Crippen molar-refractivity contribution >= 4 is 34.8 Å². The van der Waals surface area contributed by atoms with E-state index in [4.69, 9.17) is 29.4 Å². The monoisotopic (exact) mass is 624 g/mol. The predicted molar refractivity (Wildman–Crippen MR) is 179 cm³/mol. The number of aromatic nitrogens is 1. The maximum atomic E-state index is 11.4. The summed E-state index contributed by atoms with van der Waals surface area (Å²) in [7, 11) is 0. The van der Waals surface area contributed by atoms with Gasteiger partial charge in [-0.2, -0.15) is 0 Å². The van der Waals surface area contributed by atoms with E-state index >= 15 is 0 Å². The van der Waals surface area contributed by atoms with E-state index in [0.29, 0.717) is 50.7 Å². The molecule has 0 fully saturated rings. The van der Waals surface area contributed by atoms with Crippen LogP contribution in [0.2, 0.25) is 0 Å². The molecule has 0 bridgehead atoms. The van der Waals surface area contributed by atoms with E-state index in [1.54, 1.807) is 24.3 Å². The molecule has 0 saturated carbocycles. The number of ether oxygens (including phenoxy) is 5. The van der Waals surface area contributed by atoms with Gasteiger partial charge in [0, 0.05) is 23.7 Å². The normalized spacial score (nSPS) is 10.2. The van der Waals surface area contributed by atoms with Gasteiger partial charge in [-0.3, -0.25) is 4.98 Å². The number of rotatable bonds is 14. The molecule has 0 unspecified atom stereocenters. The first-order valence-corrected chi connectivity index (χ1v) is 15.0. The van der Waals surface area contributed by atoms with Gasteiger partial charge in [-0.1, -0.05) is 19.4 Å². The van der Waals surface area contributed by atoms with Crippen LogP contribution in [0.4, 0.5) is 5.69 Å². The number of carbonyl (C=O) groups excluding carboxylic acids is 1. The van der Waals surface area contributed by atoms with Gasteiger partial charge in [-0.05, 0) is 99.7 Å². The maximum absolute atomic E-state index is 11.4. The standard InChI is InChI=1S/C24H29NO4.C11H15NO2.ClH/c1-5-26-21-10-9-17(14-22(21)27-6-2)13-20-19-16-24(29-8-4)23(28-7-3)15-18(19)11-12-25-20;1-2-3-8-14-11(13)9-4-6-10(12)7-5-9;/h9-12,14-16H,5-8,13H2,1-4H3;4-7H,2-3,8,12H2,1H3;1H. The Kier molecular flexibility index (Phi) is 15.7. The number of halogens is 1. The molecule has 0 aliphatic carbocycles. The maximum Gasteiger partial charge on any atom is 0.338 e. The summed E-state index contributed by atoms with van der Waals surface area (Å²) in [5, 5.41) is 2.14. The molecule has 0 spiro atoms. The number of hydrogen-bond acceptors (Lipinski definition) is 8. The van der Waals surface area contributed by atoms with Crippen molar-refractivity contribution in [3.05, 3.63) is 83.7 Å². The van der Waals surface area contributed by atoms with Gasteiger partial charge in [0.15, 0.2) is 23.0 Å². The molecule has 0 amide bonds. The molecule has 8 nitrogen and oxygen atoms in total. The number of esters is 1. The Morgan fingerprint density at radius 2 is 1.32 bits per heavy atom. The average Bonchev–Trinajstić information content (AvgIpc) is 3.00. The summed E-state index contributed by atoms with van der Waals surface area (Å²) >= 11 is 0. The minimum absolute atomic E-state index is 0. The first kappa shape index (κ1) is 36.0. The van der Waals surface area contributed by atoms with Crippen LogP contribution in [0.5, 0.6) is 23.0 Å². The van der Waals surface area contributed by atoms with Crippen LogP contribution in [0.25, 0.3) is 10.8 Å². The summed E-state index contributed by atoms with van der Waals surface area (Å²) in [5.74, 6) is 2.76. The lowest BCUT2D eigenvalue weighted by molar-refractivity contribution is 0.0499. The molecule has 0 atom stereocenters. The summed E-state index contributed by atoms with van der Waals surface area (Å²) in [6.07, 6.45) is 4.45. The van der Waals surface area contributed by atoms with Crippen molar-refractivity contribution in [1.82, 2.24) is 4.98 Å². The van der Waals surface area contributed by atoms with Gasteiger partial charge in [-0.25, -0.2) is 4.79 Å². The van der Waals surface area contributed by atoms with Gasteiger partial charge >= 0.3 is 5.97 Å². The molecule has 4 aromatic rings. The molecule has 0 radical (unpaired) electrons. The molecular formula is C35H45ClN2O6. The van der Waals surface area contributed by atoms with Gasteiger partial charge in [0.1, 0.15) is 0 Å². The van der Waals surface area contributed by atoms with Crippen molar-refractivity contribution < 1.29 is 28.5 Å². The topological polar surface area (TPSA) is 102 Å². The molecule has 1 heterocycles. The summed E-state index contributed by atoms with van der Waals surface area (Å²) < 4.78 is 28.0. The number of unbranched alkanes of at least 4 members (excludes halogenated alkanes) is 1. The summed E-state index contributed by atoms with van der Waals surface area (Å²) in [4.78, 5) is 16.0. The fraction of sp³-hybridized carbons (Fsp3) is 0.371. The summed E-state index contributed by atoms with van der Waals surface area (Å²) in [5.41, 5.74) is 8.79. The predicted octanol–water partition coefficient (Wildman–Crippen LogP) is 8.07. The van der Waals surface area contributed by atoms with Crippen LogP contribution in [0.1, 0.15) is 69.1 Å². The van der Waals surface area contributed by atoms with Crippen LogP contribution in [0, 0.1) is 0 Å². The Balaban J connectivity index is 0.000000380. The first-order chi connectivity index (χ1) is 20.9. The molecule has 4 rings (SSSR count). The first-order valence-electron chi connectivity index (χ1n) is 15.0. The molecular weight excluding hydrogens is 580 g/mol. The second-order valence-electron chi connectivity index (χ2n) is 9.58. The van der Waals surface area contributed by atoms with E-state index in [1.165, 1.54) is 0 Å². The van der Waals surface area contributed by atoms with E-state index in [0.717, 1.165) is 57.9 Å². The van der Waals surface area contributed by atoms with E-state index in [9.17, 15) is 4.79 Å². The zero-order valence-electron chi connectivity index (χ0n) is 26.4. The third-order valence-corrected chi connectivity index (χ3v) is 6.37. The Morgan fingerprint density at radius 1 is 0.727 bits per heavy atom. The Morgan fingerprint density at radius 3 is 1.93 bits per heavy atom. The average molecular weight is 625 g/mol. The highest BCUT2D eigenvalue weighted by Crippen LogP contribution is 2.35. The van der Waals surface area contributed by atoms with Gasteiger partial charge in [-0.15, -0.1) is 12.4 Å². The van der Waals surface area contributed by atoms with E-state index in [2.05, 4.69) is 18.0 Å². The Hall–Kier alpha value is -4.17. The van der Waals surface area contributed by atoms with Crippen molar-refractivity contribution in [3.63, 3.8) is 0 Å². The van der Waals surface area contributed by atoms with Crippen LogP contribution in [-0.4, -0.2) is 44.0 Å². The van der Waals surface area contributed by atoms with Gasteiger partial charge < -0.3 is 29.4 Å². The minimum Gasteiger partial charge on any atom is -0.490 e. The molecule has 0 aliphatic heterocycles. The fourth-order valence-electron chi connectivity index (χ4n) is 4.33. The third kappa shape index (κ3) is 10.5. The fourth-order valence-corrected chi connectivity index (χ4v) is 4.33. The second-order valence-corrected chi connectivity index (χ2v) is 9.58. The van der Waals surface area contributed by atoms with Crippen LogP contribution in [0.3, 0.4) is 0 Å². The molecule has 0 saturated heterocycles. The number of nitrogen functional groups attached to an aromatic ring is 1. The van der Waals surface area contributed by atoms with E-state index < -0.39 is 0 Å². The highest BCUT2D eigenvalue weighted by atomic mass is 35.5. The number of nitrogens with zero attached hydrogens (tertiary/aromatic N) is 1. The van der Waals surface area contributed by atoms with Crippen molar-refractivity contribution in [2.24, 2.45) is 0 Å². The lowest BCUT2D eigenvalue weighted by Gasteiger charge is -2.15. The van der Waals surface area contributed by atoms with E-state index in [1.807, 2.05) is 64.2 Å². The number of anilines is 1. The zero-order valence-corrected chi connectivity index (χ0v) is 27.2. The number of hydrogen-bond donors (Lipinski definition) is 1. The Labute approximate surface area is 267 Å². The molecule has 9 heteroatoms. The van der Waals surface area contributed by atoms with Crippen molar-refractivity contribution in [3.8, 4) is 23.0 Å². The van der Waals surface area contributed by atoms with Gasteiger partial charge in [0.2, 0.25) is 0 Å². The molecule has 44 heavy (non-hydrogen) atoms. The van der Waals surface area contributed by atoms with Crippen LogP contribution >= 0.6 is 12.4 Å². The quantitative estimate of drug-likeness (QED) is 0.0853.